The quantitative estimate of drug-likeness (QED) is 0.630. The standard InChI is InChI=1S/C14H19N3O5S/c1-9(2)16-14(21)17-11(18)7-22-12(19)3-5-15-13(20)10-4-6-23-8-10/h4,6,8-9H,3,5,7H2,1-2H3,(H,15,20)(H2,16,17,18,21). The average molecular weight is 341 g/mol. The number of thiophene rings is 1. The zero-order valence-electron chi connectivity index (χ0n) is 12.9. The van der Waals surface area contributed by atoms with E-state index in [0.717, 1.165) is 0 Å². The van der Waals surface area contributed by atoms with Crippen molar-refractivity contribution in [3.8, 4) is 0 Å². The average Bonchev–Trinajstić information content (AvgIpc) is 2.98. The van der Waals surface area contributed by atoms with Gasteiger partial charge in [0.25, 0.3) is 11.8 Å². The number of carbonyl (C=O) groups excluding carboxylic acids is 4. The van der Waals surface area contributed by atoms with Crippen molar-refractivity contribution in [1.82, 2.24) is 16.0 Å². The fourth-order valence-electron chi connectivity index (χ4n) is 1.45. The molecule has 0 saturated heterocycles. The largest absolute Gasteiger partial charge is 0.456 e. The van der Waals surface area contributed by atoms with Crippen LogP contribution in [-0.4, -0.2) is 43.0 Å². The molecule has 0 aliphatic rings. The van der Waals surface area contributed by atoms with Crippen molar-refractivity contribution in [3.05, 3.63) is 22.4 Å². The third kappa shape index (κ3) is 7.96. The summed E-state index contributed by atoms with van der Waals surface area (Å²) in [5, 5.41) is 10.5. The lowest BCUT2D eigenvalue weighted by Gasteiger charge is -2.09. The Morgan fingerprint density at radius 1 is 1.26 bits per heavy atom. The van der Waals surface area contributed by atoms with Crippen LogP contribution in [0.2, 0.25) is 0 Å². The van der Waals surface area contributed by atoms with E-state index in [1.54, 1.807) is 30.7 Å². The molecule has 0 radical (unpaired) electrons. The van der Waals surface area contributed by atoms with Crippen LogP contribution in [0.5, 0.6) is 0 Å². The molecular weight excluding hydrogens is 322 g/mol. The van der Waals surface area contributed by atoms with E-state index in [4.69, 9.17) is 4.74 Å². The number of carbonyl (C=O) groups is 4. The fourth-order valence-corrected chi connectivity index (χ4v) is 2.09. The van der Waals surface area contributed by atoms with Gasteiger partial charge in [-0.15, -0.1) is 0 Å². The van der Waals surface area contributed by atoms with Gasteiger partial charge in [-0.2, -0.15) is 11.3 Å². The monoisotopic (exact) mass is 341 g/mol. The van der Waals surface area contributed by atoms with E-state index in [9.17, 15) is 19.2 Å². The molecule has 4 amide bonds. The molecule has 0 aliphatic carbocycles. The molecule has 23 heavy (non-hydrogen) atoms. The van der Waals surface area contributed by atoms with E-state index in [1.165, 1.54) is 11.3 Å². The molecule has 0 saturated carbocycles. The van der Waals surface area contributed by atoms with Gasteiger partial charge in [-0.25, -0.2) is 4.79 Å². The van der Waals surface area contributed by atoms with Gasteiger partial charge in [-0.3, -0.25) is 19.7 Å². The molecule has 1 aromatic heterocycles. The van der Waals surface area contributed by atoms with Crippen LogP contribution in [-0.2, 0) is 14.3 Å². The van der Waals surface area contributed by atoms with Crippen LogP contribution in [0.1, 0.15) is 30.6 Å². The Balaban J connectivity index is 2.15. The lowest BCUT2D eigenvalue weighted by Crippen LogP contribution is -2.44. The van der Waals surface area contributed by atoms with Crippen molar-refractivity contribution in [3.63, 3.8) is 0 Å². The maximum Gasteiger partial charge on any atom is 0.321 e. The van der Waals surface area contributed by atoms with Crippen LogP contribution in [0, 0.1) is 0 Å². The second-order valence-corrected chi connectivity index (χ2v) is 5.63. The van der Waals surface area contributed by atoms with E-state index < -0.39 is 24.5 Å². The zero-order valence-corrected chi connectivity index (χ0v) is 13.7. The number of hydrogen-bond acceptors (Lipinski definition) is 6. The summed E-state index contributed by atoms with van der Waals surface area (Å²) in [5.74, 6) is -1.64. The molecule has 1 aromatic rings. The Morgan fingerprint density at radius 3 is 2.61 bits per heavy atom. The Bertz CT molecular complexity index is 557. The second kappa shape index (κ2) is 9.57. The van der Waals surface area contributed by atoms with Crippen LogP contribution >= 0.6 is 11.3 Å². The first kappa shape index (κ1) is 18.6. The maximum absolute atomic E-state index is 11.6. The molecule has 0 aliphatic heterocycles. The normalized spacial score (nSPS) is 10.0. The lowest BCUT2D eigenvalue weighted by molar-refractivity contribution is -0.148. The van der Waals surface area contributed by atoms with Crippen LogP contribution in [0.15, 0.2) is 16.8 Å². The minimum absolute atomic E-state index is 0.0681. The molecule has 0 fully saturated rings. The number of amides is 4. The Morgan fingerprint density at radius 2 is 2.00 bits per heavy atom. The first-order chi connectivity index (χ1) is 10.9. The summed E-state index contributed by atoms with van der Waals surface area (Å²) in [6, 6.07) is 0.909. The summed E-state index contributed by atoms with van der Waals surface area (Å²) in [6.07, 6.45) is -0.0681. The lowest BCUT2D eigenvalue weighted by atomic mass is 10.3. The van der Waals surface area contributed by atoms with Gasteiger partial charge < -0.3 is 15.4 Å². The maximum atomic E-state index is 11.6. The van der Waals surface area contributed by atoms with Gasteiger partial charge in [-0.1, -0.05) is 0 Å². The van der Waals surface area contributed by atoms with E-state index in [1.807, 2.05) is 5.32 Å². The van der Waals surface area contributed by atoms with Crippen LogP contribution < -0.4 is 16.0 Å². The number of urea groups is 1. The summed E-state index contributed by atoms with van der Waals surface area (Å²) in [6.45, 7) is 3.04. The Labute approximate surface area is 137 Å². The third-order valence-electron chi connectivity index (χ3n) is 2.44. The topological polar surface area (TPSA) is 114 Å². The molecule has 3 N–H and O–H groups in total. The molecule has 0 spiro atoms. The van der Waals surface area contributed by atoms with Gasteiger partial charge in [0.1, 0.15) is 0 Å². The molecule has 126 valence electrons. The highest BCUT2D eigenvalue weighted by molar-refractivity contribution is 7.08. The minimum Gasteiger partial charge on any atom is -0.456 e. The van der Waals surface area contributed by atoms with Gasteiger partial charge in [-0.05, 0) is 25.3 Å². The first-order valence-corrected chi connectivity index (χ1v) is 7.89. The third-order valence-corrected chi connectivity index (χ3v) is 3.12. The molecular formula is C14H19N3O5S. The molecule has 0 unspecified atom stereocenters. The highest BCUT2D eigenvalue weighted by Crippen LogP contribution is 2.05. The number of rotatable bonds is 7. The molecule has 1 heterocycles. The predicted octanol–water partition coefficient (Wildman–Crippen LogP) is 0.645. The second-order valence-electron chi connectivity index (χ2n) is 4.85. The van der Waals surface area contributed by atoms with Gasteiger partial charge in [0.2, 0.25) is 0 Å². The highest BCUT2D eigenvalue weighted by Gasteiger charge is 2.12. The molecule has 0 aromatic carbocycles. The predicted molar refractivity (Wildman–Crippen MR) is 84.0 cm³/mol. The van der Waals surface area contributed by atoms with Gasteiger partial charge in [0, 0.05) is 23.5 Å². The van der Waals surface area contributed by atoms with E-state index >= 15 is 0 Å². The summed E-state index contributed by atoms with van der Waals surface area (Å²) >= 11 is 1.40. The minimum atomic E-state index is -0.723. The number of imide groups is 1. The smallest absolute Gasteiger partial charge is 0.321 e. The van der Waals surface area contributed by atoms with Gasteiger partial charge in [0.15, 0.2) is 6.61 Å². The molecule has 8 nitrogen and oxygen atoms in total. The molecule has 9 heteroatoms. The number of nitrogens with one attached hydrogen (secondary N) is 3. The Kier molecular flexibility index (Phi) is 7.75. The van der Waals surface area contributed by atoms with Crippen molar-refractivity contribution in [2.45, 2.75) is 26.3 Å². The highest BCUT2D eigenvalue weighted by atomic mass is 32.1. The summed E-state index contributed by atoms with van der Waals surface area (Å²) in [5.41, 5.74) is 0.527. The summed E-state index contributed by atoms with van der Waals surface area (Å²) in [4.78, 5) is 45.6. The van der Waals surface area contributed by atoms with E-state index in [-0.39, 0.29) is 24.9 Å². The van der Waals surface area contributed by atoms with Crippen molar-refractivity contribution in [2.24, 2.45) is 0 Å². The molecule has 1 rings (SSSR count). The molecule has 0 atom stereocenters. The van der Waals surface area contributed by atoms with Crippen LogP contribution in [0.3, 0.4) is 0 Å². The van der Waals surface area contributed by atoms with Crippen LogP contribution in [0.25, 0.3) is 0 Å². The first-order valence-electron chi connectivity index (χ1n) is 6.95. The van der Waals surface area contributed by atoms with Crippen molar-refractivity contribution >= 4 is 35.2 Å². The number of hydrogen-bond donors (Lipinski definition) is 3. The Hall–Kier alpha value is -2.42. The zero-order chi connectivity index (χ0) is 17.2. The molecule has 0 bridgehead atoms. The van der Waals surface area contributed by atoms with E-state index in [2.05, 4.69) is 10.6 Å². The summed E-state index contributed by atoms with van der Waals surface area (Å²) < 4.78 is 4.70. The van der Waals surface area contributed by atoms with Crippen molar-refractivity contribution < 1.29 is 23.9 Å². The number of ether oxygens (including phenoxy) is 1. The van der Waals surface area contributed by atoms with Gasteiger partial charge >= 0.3 is 12.0 Å². The van der Waals surface area contributed by atoms with E-state index in [0.29, 0.717) is 5.56 Å². The SMILES string of the molecule is CC(C)NC(=O)NC(=O)COC(=O)CCNC(=O)c1ccsc1. The number of esters is 1. The fraction of sp³-hybridized carbons (Fsp3) is 0.429. The van der Waals surface area contributed by atoms with Crippen LogP contribution in [0.4, 0.5) is 4.79 Å². The van der Waals surface area contributed by atoms with Crippen molar-refractivity contribution in [2.75, 3.05) is 13.2 Å². The van der Waals surface area contributed by atoms with Crippen molar-refractivity contribution in [1.29, 1.82) is 0 Å². The van der Waals surface area contributed by atoms with Gasteiger partial charge in [0.05, 0.1) is 6.42 Å². The summed E-state index contributed by atoms with van der Waals surface area (Å²) in [7, 11) is 0.